The van der Waals surface area contributed by atoms with Gasteiger partial charge in [-0.3, -0.25) is 0 Å². The van der Waals surface area contributed by atoms with Gasteiger partial charge in [-0.15, -0.1) is 11.3 Å². The third-order valence-electron chi connectivity index (χ3n) is 1.93. The van der Waals surface area contributed by atoms with Gasteiger partial charge in [-0.25, -0.2) is 9.78 Å². The number of thiophene rings is 1. The Labute approximate surface area is 115 Å². The van der Waals surface area contributed by atoms with Gasteiger partial charge in [0.1, 0.15) is 4.88 Å². The zero-order valence-electron chi connectivity index (χ0n) is 8.90. The van der Waals surface area contributed by atoms with Crippen molar-refractivity contribution in [1.82, 2.24) is 4.98 Å². The fourth-order valence-electron chi connectivity index (χ4n) is 1.16. The van der Waals surface area contributed by atoms with Crippen molar-refractivity contribution in [3.05, 3.63) is 31.9 Å². The quantitative estimate of drug-likeness (QED) is 0.872. The van der Waals surface area contributed by atoms with E-state index >= 15 is 0 Å². The van der Waals surface area contributed by atoms with Crippen molar-refractivity contribution in [2.75, 3.05) is 12.4 Å². The first-order valence-corrected chi connectivity index (χ1v) is 7.14. The molecule has 2 aromatic heterocycles. The molecule has 4 nitrogen and oxygen atoms in total. The van der Waals surface area contributed by atoms with Crippen molar-refractivity contribution < 1.29 is 9.53 Å². The largest absolute Gasteiger partial charge is 0.465 e. The van der Waals surface area contributed by atoms with Crippen LogP contribution >= 0.6 is 38.6 Å². The lowest BCUT2D eigenvalue weighted by atomic mass is 10.5. The van der Waals surface area contributed by atoms with E-state index in [2.05, 4.69) is 31.0 Å². The van der Waals surface area contributed by atoms with Gasteiger partial charge in [0.25, 0.3) is 0 Å². The second-order valence-corrected chi connectivity index (χ2v) is 6.66. The molecule has 0 aliphatic heterocycles. The first kappa shape index (κ1) is 12.5. The van der Waals surface area contributed by atoms with E-state index in [4.69, 9.17) is 0 Å². The highest BCUT2D eigenvalue weighted by Gasteiger charge is 2.10. The molecule has 0 amide bonds. The number of hydrogen-bond donors (Lipinski definition) is 1. The molecule has 0 radical (unpaired) electrons. The summed E-state index contributed by atoms with van der Waals surface area (Å²) in [5.41, 5.74) is 0. The monoisotopic (exact) mass is 332 g/mol. The lowest BCUT2D eigenvalue weighted by Crippen LogP contribution is -1.97. The number of hydrogen-bond acceptors (Lipinski definition) is 6. The lowest BCUT2D eigenvalue weighted by molar-refractivity contribution is 0.0606. The number of carbonyl (C=O) groups is 1. The number of halogens is 1. The number of ether oxygens (including phenoxy) is 1. The van der Waals surface area contributed by atoms with Crippen LogP contribution in [-0.2, 0) is 11.3 Å². The van der Waals surface area contributed by atoms with Crippen LogP contribution in [0.4, 0.5) is 5.13 Å². The average molecular weight is 333 g/mol. The summed E-state index contributed by atoms with van der Waals surface area (Å²) >= 11 is 6.36. The highest BCUT2D eigenvalue weighted by Crippen LogP contribution is 2.24. The molecule has 1 N–H and O–H groups in total. The molecule has 0 aliphatic carbocycles. The normalized spacial score (nSPS) is 10.2. The Kier molecular flexibility index (Phi) is 4.14. The van der Waals surface area contributed by atoms with Crippen LogP contribution in [0.3, 0.4) is 0 Å². The number of esters is 1. The Morgan fingerprint density at radius 2 is 2.35 bits per heavy atom. The molecule has 0 bridgehead atoms. The van der Waals surface area contributed by atoms with Gasteiger partial charge in [-0.05, 0) is 28.1 Å². The number of methoxy groups -OCH3 is 1. The van der Waals surface area contributed by atoms with Crippen LogP contribution in [0.2, 0.25) is 0 Å². The predicted molar refractivity (Wildman–Crippen MR) is 72.8 cm³/mol. The molecule has 7 heteroatoms. The van der Waals surface area contributed by atoms with Crippen molar-refractivity contribution in [3.8, 4) is 0 Å². The third-order valence-corrected chi connectivity index (χ3v) is 4.49. The fraction of sp³-hybridized carbons (Fsp3) is 0.200. The van der Waals surface area contributed by atoms with Crippen molar-refractivity contribution in [2.24, 2.45) is 0 Å². The zero-order valence-corrected chi connectivity index (χ0v) is 12.1. The van der Waals surface area contributed by atoms with E-state index in [1.165, 1.54) is 29.5 Å². The van der Waals surface area contributed by atoms with Crippen LogP contribution < -0.4 is 5.32 Å². The molecule has 2 rings (SSSR count). The molecule has 2 aromatic rings. The molecule has 0 saturated carbocycles. The summed E-state index contributed by atoms with van der Waals surface area (Å²) < 4.78 is 5.72. The summed E-state index contributed by atoms with van der Waals surface area (Å²) in [4.78, 5) is 17.0. The average Bonchev–Trinajstić information content (AvgIpc) is 2.94. The topological polar surface area (TPSA) is 51.2 Å². The minimum absolute atomic E-state index is 0.352. The molecule has 0 aromatic carbocycles. The van der Waals surface area contributed by atoms with E-state index in [1.54, 1.807) is 11.3 Å². The summed E-state index contributed by atoms with van der Waals surface area (Å²) in [6.45, 7) is 0.699. The van der Waals surface area contributed by atoms with Gasteiger partial charge >= 0.3 is 5.97 Å². The number of nitrogens with one attached hydrogen (secondary N) is 1. The molecular formula is C10H9BrN2O2S2. The maximum atomic E-state index is 11.2. The van der Waals surface area contributed by atoms with Gasteiger partial charge in [0.15, 0.2) is 5.13 Å². The number of rotatable bonds is 4. The molecule has 90 valence electrons. The van der Waals surface area contributed by atoms with Gasteiger partial charge in [0.05, 0.1) is 23.6 Å². The summed E-state index contributed by atoms with van der Waals surface area (Å²) in [5, 5.41) is 3.88. The Bertz CT molecular complexity index is 524. The van der Waals surface area contributed by atoms with E-state index in [0.717, 1.165) is 8.92 Å². The number of aromatic nitrogens is 1. The predicted octanol–water partition coefficient (Wildman–Crippen LogP) is 3.37. The minimum atomic E-state index is -0.352. The molecular weight excluding hydrogens is 324 g/mol. The first-order valence-electron chi connectivity index (χ1n) is 4.71. The summed E-state index contributed by atoms with van der Waals surface area (Å²) in [5.74, 6) is -0.352. The molecule has 0 saturated heterocycles. The Balaban J connectivity index is 1.95. The molecule has 17 heavy (non-hydrogen) atoms. The number of carbonyl (C=O) groups excluding carboxylic acids is 1. The van der Waals surface area contributed by atoms with Crippen molar-refractivity contribution in [1.29, 1.82) is 0 Å². The summed E-state index contributed by atoms with van der Waals surface area (Å²) in [7, 11) is 1.36. The summed E-state index contributed by atoms with van der Waals surface area (Å²) in [6, 6.07) is 4.04. The second kappa shape index (κ2) is 5.61. The molecule has 0 atom stereocenters. The van der Waals surface area contributed by atoms with Crippen LogP contribution in [0.5, 0.6) is 0 Å². The molecule has 0 spiro atoms. The van der Waals surface area contributed by atoms with Crippen LogP contribution in [-0.4, -0.2) is 18.1 Å². The van der Waals surface area contributed by atoms with E-state index in [9.17, 15) is 4.79 Å². The molecule has 0 unspecified atom stereocenters. The molecule has 0 fully saturated rings. The second-order valence-electron chi connectivity index (χ2n) is 3.08. The minimum Gasteiger partial charge on any atom is -0.465 e. The van der Waals surface area contributed by atoms with E-state index in [-0.39, 0.29) is 5.97 Å². The van der Waals surface area contributed by atoms with Crippen LogP contribution in [0, 0.1) is 0 Å². The number of anilines is 1. The lowest BCUT2D eigenvalue weighted by Gasteiger charge is -1.98. The van der Waals surface area contributed by atoms with Gasteiger partial charge in [-0.1, -0.05) is 11.3 Å². The SMILES string of the molecule is COC(=O)c1cnc(NCc2ccc(Br)s2)s1. The van der Waals surface area contributed by atoms with E-state index < -0.39 is 0 Å². The van der Waals surface area contributed by atoms with E-state index in [1.807, 2.05) is 12.1 Å². The number of thiazole rings is 1. The first-order chi connectivity index (χ1) is 8.19. The van der Waals surface area contributed by atoms with E-state index in [0.29, 0.717) is 11.4 Å². The van der Waals surface area contributed by atoms with Gasteiger partial charge in [-0.2, -0.15) is 0 Å². The van der Waals surface area contributed by atoms with Crippen molar-refractivity contribution >= 4 is 49.7 Å². The number of nitrogens with zero attached hydrogens (tertiary/aromatic N) is 1. The van der Waals surface area contributed by atoms with Crippen LogP contribution in [0.1, 0.15) is 14.5 Å². The van der Waals surface area contributed by atoms with Gasteiger partial charge in [0, 0.05) is 4.88 Å². The maximum Gasteiger partial charge on any atom is 0.349 e. The smallest absolute Gasteiger partial charge is 0.349 e. The maximum absolute atomic E-state index is 11.2. The van der Waals surface area contributed by atoms with Crippen LogP contribution in [0.15, 0.2) is 22.1 Å². The third kappa shape index (κ3) is 3.27. The standard InChI is InChI=1S/C10H9BrN2O2S2/c1-15-9(14)7-5-13-10(17-7)12-4-6-2-3-8(11)16-6/h2-3,5H,4H2,1H3,(H,12,13). The Hall–Kier alpha value is -0.920. The highest BCUT2D eigenvalue weighted by molar-refractivity contribution is 9.11. The zero-order chi connectivity index (χ0) is 12.3. The molecule has 0 aliphatic rings. The Morgan fingerprint density at radius 3 is 3.00 bits per heavy atom. The van der Waals surface area contributed by atoms with Crippen molar-refractivity contribution in [2.45, 2.75) is 6.54 Å². The Morgan fingerprint density at radius 1 is 1.53 bits per heavy atom. The van der Waals surface area contributed by atoms with Gasteiger partial charge in [0.2, 0.25) is 0 Å². The van der Waals surface area contributed by atoms with Crippen LogP contribution in [0.25, 0.3) is 0 Å². The highest BCUT2D eigenvalue weighted by atomic mass is 79.9. The fourth-order valence-corrected chi connectivity index (χ4v) is 3.31. The van der Waals surface area contributed by atoms with Crippen molar-refractivity contribution in [3.63, 3.8) is 0 Å². The molecule has 2 heterocycles. The summed E-state index contributed by atoms with van der Waals surface area (Å²) in [6.07, 6.45) is 1.52. The van der Waals surface area contributed by atoms with Gasteiger partial charge < -0.3 is 10.1 Å².